The molecule has 0 aliphatic carbocycles. The first-order valence-corrected chi connectivity index (χ1v) is 7.20. The molecule has 0 saturated carbocycles. The fourth-order valence-electron chi connectivity index (χ4n) is 0.843. The molecule has 0 atom stereocenters. The van der Waals surface area contributed by atoms with E-state index in [9.17, 15) is 13.2 Å². The maximum atomic E-state index is 12.1. The monoisotopic (exact) mass is 340 g/mol. The Balaban J connectivity index is 3.98. The Kier molecular flexibility index (Phi) is 5.33. The molecule has 0 spiro atoms. The molecule has 0 unspecified atom stereocenters. The van der Waals surface area contributed by atoms with E-state index in [-0.39, 0.29) is 5.54 Å². The molecule has 94 valence electrons. The van der Waals surface area contributed by atoms with Crippen LogP contribution in [0.2, 0.25) is 0 Å². The molecule has 15 heavy (non-hydrogen) atoms. The van der Waals surface area contributed by atoms with Crippen LogP contribution < -0.4 is 27.2 Å². The van der Waals surface area contributed by atoms with Gasteiger partial charge in [-0.2, -0.15) is 0 Å². The van der Waals surface area contributed by atoms with Gasteiger partial charge in [0.25, 0.3) is 0 Å². The Morgan fingerprint density at radius 2 is 1.67 bits per heavy atom. The Hall–Kier alpha value is 0.440. The summed E-state index contributed by atoms with van der Waals surface area (Å²) in [7, 11) is 3.70. The summed E-state index contributed by atoms with van der Waals surface area (Å²) in [6.45, 7) is 4.51. The second kappa shape index (κ2) is 5.18. The van der Waals surface area contributed by atoms with Crippen LogP contribution in [0.1, 0.15) is 20.3 Å². The second-order valence-electron chi connectivity index (χ2n) is 4.87. The van der Waals surface area contributed by atoms with Gasteiger partial charge in [-0.05, 0) is 0 Å². The number of alkyl halides is 4. The van der Waals surface area contributed by atoms with Crippen molar-refractivity contribution in [2.45, 2.75) is 32.0 Å². The minimum absolute atomic E-state index is 0.294. The van der Waals surface area contributed by atoms with Gasteiger partial charge in [0.2, 0.25) is 0 Å². The molecular weight excluding hydrogens is 320 g/mol. The third kappa shape index (κ3) is 10.7. The molecule has 0 aromatic carbocycles. The molecule has 6 heteroatoms. The number of hydrogen-bond donors (Lipinski definition) is 1. The number of hydrogen-bond acceptors (Lipinski definition) is 1. The fraction of sp³-hybridized carbons (Fsp3) is 1.00. The van der Waals surface area contributed by atoms with Gasteiger partial charge in [-0.15, -0.1) is 0 Å². The normalized spacial score (nSPS) is 14.7. The van der Waals surface area contributed by atoms with Gasteiger partial charge in [-0.3, -0.25) is 0 Å². The van der Waals surface area contributed by atoms with Gasteiger partial charge >= 0.3 is 100 Å². The second-order valence-corrected chi connectivity index (χ2v) is 8.92. The molecule has 0 rings (SSSR count). The standard InChI is InChI=1S/C9H20F3IN2/c1-8(2,14)5-6-15(3,4)13-7-9(10,11)12/h5-7,14H2,1-4H3. The average Bonchev–Trinajstić information content (AvgIpc) is 1.96. The van der Waals surface area contributed by atoms with E-state index in [4.69, 9.17) is 5.73 Å². The van der Waals surface area contributed by atoms with Crippen LogP contribution in [-0.2, 0) is 0 Å². The van der Waals surface area contributed by atoms with E-state index in [1.807, 2.05) is 27.9 Å². The molecule has 0 amide bonds. The topological polar surface area (TPSA) is 26.0 Å². The first kappa shape index (κ1) is 15.4. The molecule has 0 radical (unpaired) electrons. The van der Waals surface area contributed by atoms with E-state index in [1.165, 1.54) is 0 Å². The zero-order valence-corrected chi connectivity index (χ0v) is 11.8. The van der Waals surface area contributed by atoms with Gasteiger partial charge < -0.3 is 0 Å². The van der Waals surface area contributed by atoms with E-state index in [0.717, 1.165) is 6.42 Å². The van der Waals surface area contributed by atoms with Crippen molar-refractivity contribution in [3.8, 4) is 0 Å². The molecule has 0 aromatic rings. The maximum absolute atomic E-state index is 12.1. The number of rotatable bonds is 5. The van der Waals surface area contributed by atoms with Gasteiger partial charge in [0.05, 0.1) is 0 Å². The predicted molar refractivity (Wildman–Crippen MR) is 50.8 cm³/mol. The van der Waals surface area contributed by atoms with Crippen LogP contribution in [0, 0.1) is 0 Å². The molecule has 0 fully saturated rings. The summed E-state index contributed by atoms with van der Waals surface area (Å²) in [6, 6.07) is 0. The van der Waals surface area contributed by atoms with Gasteiger partial charge in [-0.25, -0.2) is 0 Å². The van der Waals surface area contributed by atoms with Crippen LogP contribution in [0.3, 0.4) is 0 Å². The van der Waals surface area contributed by atoms with Crippen LogP contribution in [0.25, 0.3) is 0 Å². The summed E-state index contributed by atoms with van der Waals surface area (Å²) in [4.78, 5) is 0. The molecule has 0 bridgehead atoms. The number of halogens is 4. The van der Waals surface area contributed by atoms with Crippen molar-refractivity contribution in [2.75, 3.05) is 25.1 Å². The molecule has 0 heterocycles. The van der Waals surface area contributed by atoms with Crippen molar-refractivity contribution in [3.05, 3.63) is 0 Å². The first-order chi connectivity index (χ1) is 6.41. The Labute approximate surface area is 100 Å². The van der Waals surface area contributed by atoms with E-state index in [0.29, 0.717) is 9.24 Å². The number of quaternary nitrogens is 1. The summed E-state index contributed by atoms with van der Waals surface area (Å²) in [5.74, 6) is 0. The molecule has 2 nitrogen and oxygen atoms in total. The molecule has 0 aromatic heterocycles. The Morgan fingerprint density at radius 3 is 2.00 bits per heavy atom. The molecular formula is C9H20F3IN2. The third-order valence-corrected chi connectivity index (χ3v) is 5.36. The van der Waals surface area contributed by atoms with Crippen molar-refractivity contribution in [3.63, 3.8) is 0 Å². The van der Waals surface area contributed by atoms with Crippen LogP contribution in [0.5, 0.6) is 0 Å². The molecule has 0 saturated heterocycles. The zero-order valence-electron chi connectivity index (χ0n) is 9.66. The Morgan fingerprint density at radius 1 is 1.20 bits per heavy atom. The van der Waals surface area contributed by atoms with Crippen LogP contribution in [0.4, 0.5) is 13.2 Å². The van der Waals surface area contributed by atoms with Gasteiger partial charge in [0, 0.05) is 0 Å². The van der Waals surface area contributed by atoms with Crippen molar-refractivity contribution in [1.82, 2.24) is 0 Å². The summed E-state index contributed by atoms with van der Waals surface area (Å²) < 4.78 is 36.0. The Bertz CT molecular complexity index is 177. The van der Waals surface area contributed by atoms with Crippen LogP contribution >= 0.6 is 0 Å². The van der Waals surface area contributed by atoms with E-state index in [2.05, 4.69) is 0 Å². The minimum atomic E-state index is -4.01. The summed E-state index contributed by atoms with van der Waals surface area (Å²) >= 11 is -0.909. The zero-order chi connectivity index (χ0) is 12.3. The number of nitrogens with zero attached hydrogens (tertiary/aromatic N) is 1. The van der Waals surface area contributed by atoms with Crippen molar-refractivity contribution < 1.29 is 37.3 Å². The average molecular weight is 340 g/mol. The van der Waals surface area contributed by atoms with Crippen molar-refractivity contribution >= 4 is 0 Å². The molecule has 0 aliphatic heterocycles. The summed E-state index contributed by atoms with van der Waals surface area (Å²) in [5, 5.41) is 0. The van der Waals surface area contributed by atoms with Gasteiger partial charge in [0.1, 0.15) is 0 Å². The molecule has 2 N–H and O–H groups in total. The summed E-state index contributed by atoms with van der Waals surface area (Å²) in [5.41, 5.74) is 5.51. The van der Waals surface area contributed by atoms with Gasteiger partial charge in [0.15, 0.2) is 0 Å². The van der Waals surface area contributed by atoms with E-state index in [1.54, 1.807) is 0 Å². The molecule has 0 aliphatic rings. The third-order valence-electron chi connectivity index (χ3n) is 1.82. The predicted octanol–water partition coefficient (Wildman–Crippen LogP) is -1.24. The van der Waals surface area contributed by atoms with Crippen LogP contribution in [0.15, 0.2) is 0 Å². The van der Waals surface area contributed by atoms with Crippen LogP contribution in [-0.4, -0.2) is 39.5 Å². The summed E-state index contributed by atoms with van der Waals surface area (Å²) in [6.07, 6.45) is -3.27. The van der Waals surface area contributed by atoms with Crippen molar-refractivity contribution in [2.24, 2.45) is 5.73 Å². The SMILES string of the molecule is CC(C)(N)CC[N+](C)(C)[I-]CC(F)(F)F. The van der Waals surface area contributed by atoms with E-state index < -0.39 is 32.1 Å². The fourth-order valence-corrected chi connectivity index (χ4v) is 2.74. The van der Waals surface area contributed by atoms with Gasteiger partial charge in [-0.1, -0.05) is 0 Å². The van der Waals surface area contributed by atoms with Crippen molar-refractivity contribution in [1.29, 1.82) is 0 Å². The quantitative estimate of drug-likeness (QED) is 0.378. The number of nitrogens with two attached hydrogens (primary N) is 1. The first-order valence-electron chi connectivity index (χ1n) is 4.71. The van der Waals surface area contributed by atoms with E-state index >= 15 is 0 Å².